The summed E-state index contributed by atoms with van der Waals surface area (Å²) >= 11 is 0. The molecule has 1 fully saturated rings. The summed E-state index contributed by atoms with van der Waals surface area (Å²) in [4.78, 5) is 27.4. The molecule has 34 heavy (non-hydrogen) atoms. The molecule has 0 spiro atoms. The number of nitrogens with zero attached hydrogens (tertiary/aromatic N) is 3. The fourth-order valence-electron chi connectivity index (χ4n) is 4.89. The molecular formula is C26H42N6O2. The standard InChI is InChI=1S/C18H25N5O2.C8H17N/c1-4-19-15-8-5-7-13(12(15)2)17(24)21-11-14-16-20-9-6-10-23(16)22(3)18(14)25;1-9(2)8-6-4-3-5-7-8/h5,7-8,19-20H,4,6,9-11H2,1-3H3,(H,21,24);8H,3-7H2,1-2H3. The van der Waals surface area contributed by atoms with Gasteiger partial charge < -0.3 is 20.9 Å². The van der Waals surface area contributed by atoms with Crippen molar-refractivity contribution in [2.45, 2.75) is 71.5 Å². The summed E-state index contributed by atoms with van der Waals surface area (Å²) in [6.07, 6.45) is 8.19. The third-order valence-electron chi connectivity index (χ3n) is 6.97. The normalized spacial score (nSPS) is 15.7. The molecule has 2 heterocycles. The number of anilines is 2. The first kappa shape index (κ1) is 25.9. The second-order valence-corrected chi connectivity index (χ2v) is 9.51. The van der Waals surface area contributed by atoms with Crippen molar-refractivity contribution in [3.8, 4) is 0 Å². The Balaban J connectivity index is 0.000000302. The molecule has 0 bridgehead atoms. The van der Waals surface area contributed by atoms with Gasteiger partial charge in [-0.3, -0.25) is 19.0 Å². The first-order chi connectivity index (χ1) is 16.3. The van der Waals surface area contributed by atoms with Gasteiger partial charge in [-0.05, 0) is 64.9 Å². The minimum absolute atomic E-state index is 0.0668. The van der Waals surface area contributed by atoms with Crippen molar-refractivity contribution in [2.75, 3.05) is 37.8 Å². The van der Waals surface area contributed by atoms with E-state index in [0.29, 0.717) is 11.1 Å². The zero-order valence-electron chi connectivity index (χ0n) is 21.5. The van der Waals surface area contributed by atoms with Gasteiger partial charge >= 0.3 is 0 Å². The van der Waals surface area contributed by atoms with Crippen molar-refractivity contribution < 1.29 is 4.79 Å². The van der Waals surface area contributed by atoms with Gasteiger partial charge in [-0.25, -0.2) is 0 Å². The van der Waals surface area contributed by atoms with Gasteiger partial charge in [-0.15, -0.1) is 0 Å². The molecule has 3 N–H and O–H groups in total. The highest BCUT2D eigenvalue weighted by Gasteiger charge is 2.21. The molecule has 0 unspecified atom stereocenters. The zero-order valence-corrected chi connectivity index (χ0v) is 21.5. The molecule has 1 saturated carbocycles. The van der Waals surface area contributed by atoms with Crippen molar-refractivity contribution in [3.05, 3.63) is 45.2 Å². The van der Waals surface area contributed by atoms with Gasteiger partial charge in [0.05, 0.1) is 12.1 Å². The lowest BCUT2D eigenvalue weighted by atomic mass is 9.95. The quantitative estimate of drug-likeness (QED) is 0.601. The van der Waals surface area contributed by atoms with Gasteiger partial charge in [0.2, 0.25) is 0 Å². The molecule has 1 aromatic carbocycles. The highest BCUT2D eigenvalue weighted by Crippen LogP contribution is 2.21. The van der Waals surface area contributed by atoms with Gasteiger partial charge in [0.15, 0.2) is 0 Å². The summed E-state index contributed by atoms with van der Waals surface area (Å²) < 4.78 is 3.55. The highest BCUT2D eigenvalue weighted by atomic mass is 16.2. The van der Waals surface area contributed by atoms with Crippen LogP contribution in [0.3, 0.4) is 0 Å². The van der Waals surface area contributed by atoms with Gasteiger partial charge in [-0.2, -0.15) is 0 Å². The van der Waals surface area contributed by atoms with Crippen LogP contribution in [0.15, 0.2) is 23.0 Å². The van der Waals surface area contributed by atoms with Crippen LogP contribution in [0, 0.1) is 6.92 Å². The molecule has 1 aliphatic carbocycles. The molecule has 1 aromatic heterocycles. The lowest BCUT2D eigenvalue weighted by Crippen LogP contribution is -2.29. The summed E-state index contributed by atoms with van der Waals surface area (Å²) in [5.41, 5.74) is 3.02. The topological polar surface area (TPSA) is 83.3 Å². The highest BCUT2D eigenvalue weighted by molar-refractivity contribution is 5.97. The molecule has 4 rings (SSSR count). The molecule has 8 nitrogen and oxygen atoms in total. The Bertz CT molecular complexity index is 1020. The fourth-order valence-corrected chi connectivity index (χ4v) is 4.89. The van der Waals surface area contributed by atoms with Crippen LogP contribution in [0.4, 0.5) is 11.5 Å². The summed E-state index contributed by atoms with van der Waals surface area (Å²) in [5, 5.41) is 9.42. The molecule has 2 aromatic rings. The van der Waals surface area contributed by atoms with E-state index in [1.807, 2.05) is 30.7 Å². The predicted octanol–water partition coefficient (Wildman–Crippen LogP) is 3.55. The maximum atomic E-state index is 12.6. The largest absolute Gasteiger partial charge is 0.385 e. The Morgan fingerprint density at radius 1 is 1.18 bits per heavy atom. The Morgan fingerprint density at radius 2 is 1.91 bits per heavy atom. The fraction of sp³-hybridized carbons (Fsp3) is 0.615. The van der Waals surface area contributed by atoms with Crippen LogP contribution < -0.4 is 21.5 Å². The number of nitrogens with one attached hydrogen (secondary N) is 3. The maximum absolute atomic E-state index is 12.6. The second-order valence-electron chi connectivity index (χ2n) is 9.51. The Morgan fingerprint density at radius 3 is 2.56 bits per heavy atom. The van der Waals surface area contributed by atoms with Crippen LogP contribution in [-0.2, 0) is 20.1 Å². The third-order valence-corrected chi connectivity index (χ3v) is 6.97. The van der Waals surface area contributed by atoms with Crippen LogP contribution in [0.25, 0.3) is 0 Å². The number of amides is 1. The van der Waals surface area contributed by atoms with Crippen LogP contribution >= 0.6 is 0 Å². The van der Waals surface area contributed by atoms with E-state index in [4.69, 9.17) is 0 Å². The number of benzene rings is 1. The van der Waals surface area contributed by atoms with Crippen molar-refractivity contribution in [2.24, 2.45) is 7.05 Å². The van der Waals surface area contributed by atoms with E-state index in [1.54, 1.807) is 17.8 Å². The van der Waals surface area contributed by atoms with Crippen molar-refractivity contribution >= 4 is 17.4 Å². The van der Waals surface area contributed by atoms with Gasteiger partial charge in [0.1, 0.15) is 5.82 Å². The smallest absolute Gasteiger partial charge is 0.273 e. The third kappa shape index (κ3) is 6.03. The SMILES string of the molecule is CCNc1cccc(C(=O)NCc2c3n(n(C)c2=O)CCCN3)c1C.CN(C)C1CCCCC1. The number of hydrogen-bond acceptors (Lipinski definition) is 5. The molecule has 0 atom stereocenters. The number of carbonyl (C=O) groups is 1. The summed E-state index contributed by atoms with van der Waals surface area (Å²) in [5.74, 6) is 0.646. The first-order valence-electron chi connectivity index (χ1n) is 12.7. The molecule has 1 amide bonds. The molecule has 2 aliphatic rings. The van der Waals surface area contributed by atoms with E-state index in [0.717, 1.165) is 49.2 Å². The van der Waals surface area contributed by atoms with Crippen LogP contribution in [0.1, 0.15) is 66.9 Å². The average Bonchev–Trinajstić information content (AvgIpc) is 3.09. The molecular weight excluding hydrogens is 428 g/mol. The van der Waals surface area contributed by atoms with E-state index < -0.39 is 0 Å². The first-order valence-corrected chi connectivity index (χ1v) is 12.7. The number of aromatic nitrogens is 2. The molecule has 188 valence electrons. The van der Waals surface area contributed by atoms with E-state index in [-0.39, 0.29) is 18.0 Å². The Hall–Kier alpha value is -2.74. The van der Waals surface area contributed by atoms with Crippen LogP contribution in [0.5, 0.6) is 0 Å². The Labute approximate surface area is 203 Å². The van der Waals surface area contributed by atoms with E-state index >= 15 is 0 Å². The lowest BCUT2D eigenvalue weighted by Gasteiger charge is -2.27. The van der Waals surface area contributed by atoms with E-state index in [9.17, 15) is 9.59 Å². The lowest BCUT2D eigenvalue weighted by molar-refractivity contribution is 0.0950. The van der Waals surface area contributed by atoms with E-state index in [2.05, 4.69) is 34.9 Å². The molecule has 0 saturated heterocycles. The summed E-state index contributed by atoms with van der Waals surface area (Å²) in [6.45, 7) is 6.61. The van der Waals surface area contributed by atoms with Crippen LogP contribution in [0.2, 0.25) is 0 Å². The van der Waals surface area contributed by atoms with Gasteiger partial charge in [0.25, 0.3) is 11.5 Å². The predicted molar refractivity (Wildman–Crippen MR) is 140 cm³/mol. The van der Waals surface area contributed by atoms with E-state index in [1.165, 1.54) is 32.1 Å². The second kappa shape index (κ2) is 12.1. The average molecular weight is 471 g/mol. The molecule has 8 heteroatoms. The summed E-state index contributed by atoms with van der Waals surface area (Å²) in [7, 11) is 6.14. The maximum Gasteiger partial charge on any atom is 0.273 e. The van der Waals surface area contributed by atoms with Crippen molar-refractivity contribution in [3.63, 3.8) is 0 Å². The zero-order chi connectivity index (χ0) is 24.7. The van der Waals surface area contributed by atoms with Crippen LogP contribution in [-0.4, -0.2) is 53.4 Å². The van der Waals surface area contributed by atoms with Gasteiger partial charge in [0, 0.05) is 44.0 Å². The number of carbonyl (C=O) groups excluding carboxylic acids is 1. The summed E-state index contributed by atoms with van der Waals surface area (Å²) in [6, 6.07) is 6.51. The van der Waals surface area contributed by atoms with Crippen molar-refractivity contribution in [1.82, 2.24) is 19.6 Å². The number of rotatable bonds is 6. The van der Waals surface area contributed by atoms with Gasteiger partial charge in [-0.1, -0.05) is 25.3 Å². The molecule has 1 aliphatic heterocycles. The Kier molecular flexibility index (Phi) is 9.21. The number of hydrogen-bond donors (Lipinski definition) is 3. The molecule has 0 radical (unpaired) electrons. The van der Waals surface area contributed by atoms with Crippen molar-refractivity contribution in [1.29, 1.82) is 0 Å². The monoisotopic (exact) mass is 470 g/mol. The number of fused-ring (bicyclic) bond motifs is 1. The minimum atomic E-state index is -0.171. The minimum Gasteiger partial charge on any atom is -0.385 e.